The van der Waals surface area contributed by atoms with Crippen molar-refractivity contribution in [3.8, 4) is 0 Å². The van der Waals surface area contributed by atoms with E-state index in [1.807, 2.05) is 38.1 Å². The van der Waals surface area contributed by atoms with Gasteiger partial charge in [0.1, 0.15) is 0 Å². The van der Waals surface area contributed by atoms with Crippen LogP contribution in [-0.4, -0.2) is 11.6 Å². The summed E-state index contributed by atoms with van der Waals surface area (Å²) in [4.78, 5) is 16.3. The molecule has 0 saturated carbocycles. The zero-order chi connectivity index (χ0) is 12.4. The molecule has 1 aromatic rings. The van der Waals surface area contributed by atoms with Crippen molar-refractivity contribution < 1.29 is 4.79 Å². The molecule has 1 aliphatic rings. The number of anilines is 1. The van der Waals surface area contributed by atoms with E-state index in [4.69, 9.17) is 0 Å². The molecule has 3 nitrogen and oxygen atoms in total. The van der Waals surface area contributed by atoms with Crippen LogP contribution in [0.5, 0.6) is 0 Å². The number of carbonyl (C=O) groups is 1. The minimum atomic E-state index is -0.0261. The molecule has 88 valence electrons. The van der Waals surface area contributed by atoms with Crippen molar-refractivity contribution in [2.45, 2.75) is 20.3 Å². The van der Waals surface area contributed by atoms with E-state index < -0.39 is 0 Å². The Kier molecular flexibility index (Phi) is 3.43. The van der Waals surface area contributed by atoms with Gasteiger partial charge in [0.25, 0.3) is 0 Å². The van der Waals surface area contributed by atoms with Crippen molar-refractivity contribution >= 4 is 38.9 Å². The van der Waals surface area contributed by atoms with Gasteiger partial charge in [0.2, 0.25) is 5.91 Å². The lowest BCUT2D eigenvalue weighted by Gasteiger charge is -2.04. The molecule has 0 aromatic heterocycles. The molecular formula is C13H13BrN2O. The summed E-state index contributed by atoms with van der Waals surface area (Å²) in [7, 11) is 0. The maximum Gasteiger partial charge on any atom is 0.230 e. The Morgan fingerprint density at radius 3 is 3.00 bits per heavy atom. The van der Waals surface area contributed by atoms with Gasteiger partial charge in [-0.05, 0) is 37.6 Å². The highest BCUT2D eigenvalue weighted by Gasteiger charge is 2.16. The van der Waals surface area contributed by atoms with Gasteiger partial charge in [-0.3, -0.25) is 9.79 Å². The molecule has 1 heterocycles. The third-order valence-electron chi connectivity index (χ3n) is 2.70. The second kappa shape index (κ2) is 4.84. The van der Waals surface area contributed by atoms with E-state index in [1.165, 1.54) is 0 Å². The number of carbonyl (C=O) groups excluding carboxylic acids is 1. The number of fused-ring (bicyclic) bond motifs is 1. The summed E-state index contributed by atoms with van der Waals surface area (Å²) < 4.78 is 0.929. The molecule has 0 fully saturated rings. The van der Waals surface area contributed by atoms with Crippen molar-refractivity contribution in [3.05, 3.63) is 34.3 Å². The van der Waals surface area contributed by atoms with E-state index >= 15 is 0 Å². The molecule has 1 aliphatic heterocycles. The molecule has 1 aromatic carbocycles. The first-order valence-electron chi connectivity index (χ1n) is 5.40. The van der Waals surface area contributed by atoms with E-state index in [2.05, 4.69) is 26.2 Å². The van der Waals surface area contributed by atoms with E-state index in [1.54, 1.807) is 0 Å². The summed E-state index contributed by atoms with van der Waals surface area (Å²) in [5, 5.41) is 2.86. The van der Waals surface area contributed by atoms with Gasteiger partial charge < -0.3 is 5.32 Å². The minimum absolute atomic E-state index is 0.0261. The molecule has 2 rings (SSSR count). The number of hydrogen-bond acceptors (Lipinski definition) is 2. The summed E-state index contributed by atoms with van der Waals surface area (Å²) in [6.45, 7) is 3.92. The second-order valence-corrected chi connectivity index (χ2v) is 4.83. The van der Waals surface area contributed by atoms with Crippen LogP contribution in [0.1, 0.15) is 20.3 Å². The fourth-order valence-electron chi connectivity index (χ4n) is 1.63. The largest absolute Gasteiger partial charge is 0.324 e. The van der Waals surface area contributed by atoms with Crippen molar-refractivity contribution in [2.24, 2.45) is 4.99 Å². The number of halogens is 1. The number of hydrogen-bond donors (Lipinski definition) is 1. The Bertz CT molecular complexity index is 532. The second-order valence-electron chi connectivity index (χ2n) is 3.92. The van der Waals surface area contributed by atoms with Crippen molar-refractivity contribution in [2.75, 3.05) is 5.32 Å². The molecule has 0 unspecified atom stereocenters. The molecular weight excluding hydrogens is 280 g/mol. The normalized spacial score (nSPS) is 15.8. The van der Waals surface area contributed by atoms with E-state index in [-0.39, 0.29) is 5.91 Å². The lowest BCUT2D eigenvalue weighted by molar-refractivity contribution is -0.115. The monoisotopic (exact) mass is 292 g/mol. The highest BCUT2D eigenvalue weighted by Crippen LogP contribution is 2.31. The van der Waals surface area contributed by atoms with E-state index in [0.717, 1.165) is 27.1 Å². The average Bonchev–Trinajstić information content (AvgIpc) is 2.45. The Morgan fingerprint density at radius 1 is 1.53 bits per heavy atom. The van der Waals surface area contributed by atoms with Crippen LogP contribution in [0.2, 0.25) is 0 Å². The molecule has 0 radical (unpaired) electrons. The molecule has 0 saturated heterocycles. The third kappa shape index (κ3) is 2.64. The standard InChI is InChI=1S/C13H13BrN2O/c1-3-8(2)11-7-13(17)16-12-6-9(14)4-5-10(12)15-11/h3-6H,7H2,1-2H3,(H,16,17)/b8-3+. The first-order chi connectivity index (χ1) is 8.10. The number of amides is 1. The van der Waals surface area contributed by atoms with Gasteiger partial charge in [0.15, 0.2) is 0 Å². The van der Waals surface area contributed by atoms with Crippen molar-refractivity contribution in [1.29, 1.82) is 0 Å². The number of nitrogens with one attached hydrogen (secondary N) is 1. The zero-order valence-electron chi connectivity index (χ0n) is 9.75. The van der Waals surface area contributed by atoms with Gasteiger partial charge in [-0.2, -0.15) is 0 Å². The number of rotatable bonds is 1. The lowest BCUT2D eigenvalue weighted by atomic mass is 10.1. The topological polar surface area (TPSA) is 41.5 Å². The molecule has 0 atom stereocenters. The van der Waals surface area contributed by atoms with Crippen LogP contribution in [0.3, 0.4) is 0 Å². The molecule has 0 spiro atoms. The van der Waals surface area contributed by atoms with Crippen LogP contribution in [0.4, 0.5) is 11.4 Å². The highest BCUT2D eigenvalue weighted by atomic mass is 79.9. The average molecular weight is 293 g/mol. The molecule has 0 bridgehead atoms. The predicted octanol–water partition coefficient (Wildman–Crippen LogP) is 3.83. The SMILES string of the molecule is C/C=C(\C)C1=Nc2ccc(Br)cc2NC(=O)C1. The van der Waals surface area contributed by atoms with Crippen LogP contribution in [0, 0.1) is 0 Å². The zero-order valence-corrected chi connectivity index (χ0v) is 11.3. The molecule has 4 heteroatoms. The van der Waals surface area contributed by atoms with Crippen LogP contribution >= 0.6 is 15.9 Å². The van der Waals surface area contributed by atoms with Gasteiger partial charge in [-0.15, -0.1) is 0 Å². The minimum Gasteiger partial charge on any atom is -0.324 e. The number of allylic oxidation sites excluding steroid dienone is 2. The lowest BCUT2D eigenvalue weighted by Crippen LogP contribution is -2.14. The summed E-state index contributed by atoms with van der Waals surface area (Å²) in [6.07, 6.45) is 2.29. The number of benzene rings is 1. The third-order valence-corrected chi connectivity index (χ3v) is 3.20. The molecule has 1 N–H and O–H groups in total. The van der Waals surface area contributed by atoms with Crippen molar-refractivity contribution in [1.82, 2.24) is 0 Å². The van der Waals surface area contributed by atoms with Crippen LogP contribution in [0.15, 0.2) is 39.3 Å². The van der Waals surface area contributed by atoms with Gasteiger partial charge in [0.05, 0.1) is 23.5 Å². The number of nitrogens with zero attached hydrogens (tertiary/aromatic N) is 1. The fraction of sp³-hybridized carbons (Fsp3) is 0.231. The first kappa shape index (κ1) is 12.0. The highest BCUT2D eigenvalue weighted by molar-refractivity contribution is 9.10. The fourth-order valence-corrected chi connectivity index (χ4v) is 1.99. The first-order valence-corrected chi connectivity index (χ1v) is 6.19. The Hall–Kier alpha value is -1.42. The molecule has 1 amide bonds. The quantitative estimate of drug-likeness (QED) is 0.840. The smallest absolute Gasteiger partial charge is 0.230 e. The number of aliphatic imine (C=N–C) groups is 1. The van der Waals surface area contributed by atoms with Crippen LogP contribution in [-0.2, 0) is 4.79 Å². The summed E-state index contributed by atoms with van der Waals surface area (Å²) in [5.74, 6) is -0.0261. The van der Waals surface area contributed by atoms with E-state index in [0.29, 0.717) is 6.42 Å². The summed E-state index contributed by atoms with van der Waals surface area (Å²) in [5.41, 5.74) is 3.42. The maximum atomic E-state index is 11.8. The predicted molar refractivity (Wildman–Crippen MR) is 73.9 cm³/mol. The molecule has 17 heavy (non-hydrogen) atoms. The Balaban J connectivity index is 2.53. The van der Waals surface area contributed by atoms with Crippen molar-refractivity contribution in [3.63, 3.8) is 0 Å². The van der Waals surface area contributed by atoms with E-state index in [9.17, 15) is 4.79 Å². The molecule has 0 aliphatic carbocycles. The van der Waals surface area contributed by atoms with Crippen LogP contribution in [0.25, 0.3) is 0 Å². The van der Waals surface area contributed by atoms with Gasteiger partial charge in [-0.25, -0.2) is 0 Å². The van der Waals surface area contributed by atoms with Gasteiger partial charge >= 0.3 is 0 Å². The summed E-state index contributed by atoms with van der Waals surface area (Å²) >= 11 is 3.38. The van der Waals surface area contributed by atoms with Gasteiger partial charge in [0, 0.05) is 4.47 Å². The maximum absolute atomic E-state index is 11.8. The summed E-state index contributed by atoms with van der Waals surface area (Å²) in [6, 6.07) is 5.68. The van der Waals surface area contributed by atoms with Gasteiger partial charge in [-0.1, -0.05) is 22.0 Å². The Labute approximate surface area is 109 Å². The Morgan fingerprint density at radius 2 is 2.29 bits per heavy atom. The van der Waals surface area contributed by atoms with Crippen LogP contribution < -0.4 is 5.32 Å².